The van der Waals surface area contributed by atoms with Gasteiger partial charge in [0.15, 0.2) is 5.84 Å². The summed E-state index contributed by atoms with van der Waals surface area (Å²) in [4.78, 5) is 77.6. The third-order valence-electron chi connectivity index (χ3n) is 14.5. The summed E-state index contributed by atoms with van der Waals surface area (Å²) in [6.45, 7) is 9.68. The number of benzene rings is 3. The Morgan fingerprint density at radius 3 is 2.26 bits per heavy atom. The summed E-state index contributed by atoms with van der Waals surface area (Å²) < 4.78 is 23.1. The van der Waals surface area contributed by atoms with Crippen molar-refractivity contribution >= 4 is 52.6 Å². The molecule has 2 atom stereocenters. The quantitative estimate of drug-likeness (QED) is 0.0210. The van der Waals surface area contributed by atoms with E-state index in [0.29, 0.717) is 127 Å². The molecule has 4 aromatic rings. The summed E-state index contributed by atoms with van der Waals surface area (Å²) in [5, 5.41) is 20.9. The van der Waals surface area contributed by atoms with Crippen LogP contribution in [0.2, 0.25) is 0 Å². The molecule has 0 saturated carbocycles. The molecule has 5 amide bonds. The number of unbranched alkanes of at least 4 members (excludes halogenated alkanes) is 3. The number of anilines is 2. The summed E-state index contributed by atoms with van der Waals surface area (Å²) in [5.74, 6) is 0.114. The van der Waals surface area contributed by atoms with E-state index in [1.165, 1.54) is 0 Å². The number of hydrogen-bond acceptors (Lipinski definition) is 14. The Morgan fingerprint density at radius 1 is 0.831 bits per heavy atom. The van der Waals surface area contributed by atoms with Gasteiger partial charge in [0.25, 0.3) is 11.8 Å². The van der Waals surface area contributed by atoms with Crippen molar-refractivity contribution in [2.45, 2.75) is 88.9 Å². The van der Waals surface area contributed by atoms with Gasteiger partial charge in [0.05, 0.1) is 57.6 Å². The number of aliphatic imine (C=N–C) groups is 1. The molecule has 77 heavy (non-hydrogen) atoms. The first kappa shape index (κ1) is 56.0. The van der Waals surface area contributed by atoms with E-state index in [1.54, 1.807) is 35.5 Å². The van der Waals surface area contributed by atoms with Crippen LogP contribution in [0.5, 0.6) is 5.75 Å². The molecule has 4 aliphatic heterocycles. The Balaban J connectivity index is 0.619. The largest absolute Gasteiger partial charge is 0.494 e. The van der Waals surface area contributed by atoms with Crippen LogP contribution in [0.15, 0.2) is 96.2 Å². The van der Waals surface area contributed by atoms with E-state index < -0.39 is 17.5 Å². The number of carbonyl (C=O) groups is 5. The molecule has 3 fully saturated rings. The zero-order chi connectivity index (χ0) is 54.0. The monoisotopic (exact) mass is 1060 g/mol. The molecule has 7 N–H and O–H groups in total. The molecule has 20 heteroatoms. The number of rotatable bonds is 26. The van der Waals surface area contributed by atoms with Crippen LogP contribution in [0.25, 0.3) is 0 Å². The van der Waals surface area contributed by atoms with Crippen molar-refractivity contribution in [3.8, 4) is 5.75 Å². The van der Waals surface area contributed by atoms with Crippen molar-refractivity contribution in [2.24, 2.45) is 10.7 Å². The van der Waals surface area contributed by atoms with Crippen molar-refractivity contribution in [1.82, 2.24) is 30.7 Å². The first-order valence-corrected chi connectivity index (χ1v) is 27.0. The highest BCUT2D eigenvalue weighted by Gasteiger charge is 2.40. The number of piperidine rings is 2. The Hall–Kier alpha value is -7.26. The first-order valence-electron chi connectivity index (χ1n) is 27.0. The lowest BCUT2D eigenvalue weighted by atomic mass is 9.86. The van der Waals surface area contributed by atoms with E-state index in [1.807, 2.05) is 72.5 Å². The van der Waals surface area contributed by atoms with Crippen molar-refractivity contribution in [1.29, 1.82) is 5.41 Å². The number of nitrogens with one attached hydrogen (secondary N) is 5. The van der Waals surface area contributed by atoms with Crippen LogP contribution in [0.3, 0.4) is 0 Å². The fourth-order valence-electron chi connectivity index (χ4n) is 10.0. The molecule has 3 saturated heterocycles. The minimum absolute atomic E-state index is 0.0552. The van der Waals surface area contributed by atoms with E-state index in [9.17, 15) is 24.0 Å². The normalized spacial score (nSPS) is 17.9. The second-order valence-corrected chi connectivity index (χ2v) is 19.8. The lowest BCUT2D eigenvalue weighted by Crippen LogP contribution is -2.56. The highest BCUT2D eigenvalue weighted by Crippen LogP contribution is 2.32. The van der Waals surface area contributed by atoms with Crippen LogP contribution in [0.1, 0.15) is 108 Å². The number of pyridine rings is 1. The topological polar surface area (TPSA) is 255 Å². The maximum Gasteiger partial charge on any atom is 0.255 e. The van der Waals surface area contributed by atoms with Crippen LogP contribution in [0.4, 0.5) is 11.4 Å². The number of carbonyl (C=O) groups excluding carboxylic acids is 5. The summed E-state index contributed by atoms with van der Waals surface area (Å²) in [6, 6.07) is 23.5. The number of piperazine rings is 1. The Labute approximate surface area is 450 Å². The molecule has 5 heterocycles. The summed E-state index contributed by atoms with van der Waals surface area (Å²) >= 11 is 0. The van der Waals surface area contributed by atoms with Gasteiger partial charge in [-0.2, -0.15) is 0 Å². The third kappa shape index (κ3) is 15.5. The molecule has 0 radical (unpaired) electrons. The van der Waals surface area contributed by atoms with Crippen molar-refractivity contribution in [2.75, 3.05) is 95.7 Å². The smallest absolute Gasteiger partial charge is 0.255 e. The number of hydrogen-bond donors (Lipinski definition) is 6. The molecule has 0 bridgehead atoms. The molecule has 4 aliphatic rings. The van der Waals surface area contributed by atoms with Crippen LogP contribution < -0.4 is 36.6 Å². The number of aromatic nitrogens is 1. The molecular formula is C57H73N11O9. The summed E-state index contributed by atoms with van der Waals surface area (Å²) in [6.07, 6.45) is 9.37. The minimum atomic E-state index is -0.686. The van der Waals surface area contributed by atoms with Gasteiger partial charge in [-0.15, -0.1) is 0 Å². The van der Waals surface area contributed by atoms with Crippen LogP contribution >= 0.6 is 0 Å². The number of fused-ring (bicyclic) bond motifs is 1. The van der Waals surface area contributed by atoms with Gasteiger partial charge in [-0.05, 0) is 130 Å². The maximum atomic E-state index is 13.5. The number of nitrogens with zero attached hydrogens (tertiary/aromatic N) is 5. The summed E-state index contributed by atoms with van der Waals surface area (Å²) in [5.41, 5.74) is 11.2. The lowest BCUT2D eigenvalue weighted by Gasteiger charge is -2.38. The maximum absolute atomic E-state index is 13.5. The fraction of sp³-hybridized carbons (Fsp3) is 0.474. The van der Waals surface area contributed by atoms with Gasteiger partial charge in [-0.25, -0.2) is 4.99 Å². The van der Waals surface area contributed by atoms with E-state index in [2.05, 4.69) is 36.1 Å². The zero-order valence-corrected chi connectivity index (χ0v) is 44.1. The number of nitrogens with two attached hydrogens (primary N) is 1. The molecule has 20 nitrogen and oxygen atoms in total. The standard InChI is InChI=1S/C57H73N11O9/c1-40(62-53(71)43-7-6-8-45(37-43)65-57(20-24-61-25-21-57)56(59)64-52(58)42-17-22-60-23-18-42)41-9-12-47(13-10-41)77-31-5-3-2-4-30-74-33-35-76-36-34-75-32-19-51(70)67-28-26-66(27-29-67)46-11-14-48-44(38-46)39-68(55(48)73)49-15-16-50(69)63-54(49)72/h6-14,17-18,22-23,37-38,40,49,61,65H,2-5,15-16,19-21,24-36,39H2,1H3,(H,62,71)(H3,58,59,64)(H,63,69,72). The second-order valence-electron chi connectivity index (χ2n) is 19.8. The van der Waals surface area contributed by atoms with E-state index >= 15 is 0 Å². The van der Waals surface area contributed by atoms with Gasteiger partial charge in [0, 0.05) is 86.2 Å². The van der Waals surface area contributed by atoms with Gasteiger partial charge < -0.3 is 55.3 Å². The van der Waals surface area contributed by atoms with Crippen LogP contribution in [-0.4, -0.2) is 153 Å². The molecular weight excluding hydrogens is 983 g/mol. The van der Waals surface area contributed by atoms with Crippen molar-refractivity contribution < 1.29 is 42.9 Å². The highest BCUT2D eigenvalue weighted by atomic mass is 16.5. The van der Waals surface area contributed by atoms with Gasteiger partial charge in [0.1, 0.15) is 17.6 Å². The van der Waals surface area contributed by atoms with Gasteiger partial charge in [-0.1, -0.05) is 24.6 Å². The average molecular weight is 1060 g/mol. The molecule has 0 spiro atoms. The van der Waals surface area contributed by atoms with Gasteiger partial charge in [0.2, 0.25) is 17.7 Å². The fourth-order valence-corrected chi connectivity index (χ4v) is 10.0. The number of ether oxygens (including phenoxy) is 4. The molecule has 2 unspecified atom stereocenters. The van der Waals surface area contributed by atoms with Crippen molar-refractivity contribution in [3.63, 3.8) is 0 Å². The molecule has 3 aromatic carbocycles. The lowest BCUT2D eigenvalue weighted by molar-refractivity contribution is -0.137. The van der Waals surface area contributed by atoms with Crippen LogP contribution in [0, 0.1) is 5.41 Å². The average Bonchev–Trinajstić information content (AvgIpc) is 3.78. The zero-order valence-electron chi connectivity index (χ0n) is 44.1. The van der Waals surface area contributed by atoms with Gasteiger partial charge in [-0.3, -0.25) is 39.7 Å². The summed E-state index contributed by atoms with van der Waals surface area (Å²) in [7, 11) is 0. The van der Waals surface area contributed by atoms with E-state index in [4.69, 9.17) is 30.1 Å². The molecule has 1 aromatic heterocycles. The van der Waals surface area contributed by atoms with Gasteiger partial charge >= 0.3 is 0 Å². The minimum Gasteiger partial charge on any atom is -0.494 e. The number of amides is 5. The molecule has 8 rings (SSSR count). The third-order valence-corrected chi connectivity index (χ3v) is 14.5. The Morgan fingerprint density at radius 2 is 1.53 bits per heavy atom. The van der Waals surface area contributed by atoms with E-state index in [-0.39, 0.29) is 41.9 Å². The second kappa shape index (κ2) is 27.7. The SMILES string of the molecule is CC(NC(=O)c1cccc(NC2(C(N)=NC(=N)c3ccncc3)CCNCC2)c1)c1ccc(OCCCCCCOCCOCCOCCC(=O)N2CCN(c3ccc4c(c3)CN(C3CCC(=O)NC3=O)C4=O)CC2)cc1. The van der Waals surface area contributed by atoms with Crippen LogP contribution in [-0.2, 0) is 35.1 Å². The predicted octanol–water partition coefficient (Wildman–Crippen LogP) is 4.98. The number of amidine groups is 2. The molecule has 410 valence electrons. The first-order chi connectivity index (χ1) is 37.5. The van der Waals surface area contributed by atoms with E-state index in [0.717, 1.165) is 67.0 Å². The van der Waals surface area contributed by atoms with Crippen molar-refractivity contribution in [3.05, 3.63) is 119 Å². The Bertz CT molecular complexity index is 2690. The number of imide groups is 1. The molecule has 0 aliphatic carbocycles. The Kier molecular flexibility index (Phi) is 20.1. The highest BCUT2D eigenvalue weighted by molar-refractivity contribution is 6.08. The predicted molar refractivity (Wildman–Crippen MR) is 292 cm³/mol.